The Balaban J connectivity index is 1.36. The molecule has 8 heteroatoms. The summed E-state index contributed by atoms with van der Waals surface area (Å²) >= 11 is 0. The Kier molecular flexibility index (Phi) is 6.25. The zero-order chi connectivity index (χ0) is 22.7. The first kappa shape index (κ1) is 21.6. The fourth-order valence-corrected chi connectivity index (χ4v) is 3.99. The third kappa shape index (κ3) is 4.10. The van der Waals surface area contributed by atoms with Crippen molar-refractivity contribution in [3.63, 3.8) is 0 Å². The Bertz CT molecular complexity index is 1110. The van der Waals surface area contributed by atoms with Gasteiger partial charge in [-0.3, -0.25) is 4.79 Å². The van der Waals surface area contributed by atoms with Gasteiger partial charge in [0, 0.05) is 18.7 Å². The van der Waals surface area contributed by atoms with Crippen LogP contribution in [-0.4, -0.2) is 46.8 Å². The lowest BCUT2D eigenvalue weighted by atomic mass is 9.98. The molecule has 4 rings (SSSR count). The van der Waals surface area contributed by atoms with E-state index < -0.39 is 29.8 Å². The molecule has 2 unspecified atom stereocenters. The van der Waals surface area contributed by atoms with Gasteiger partial charge in [0.05, 0.1) is 5.56 Å². The number of aldehydes is 1. The van der Waals surface area contributed by atoms with Crippen LogP contribution in [0, 0.1) is 5.95 Å². The van der Waals surface area contributed by atoms with Crippen LogP contribution in [0.4, 0.5) is 9.18 Å². The van der Waals surface area contributed by atoms with Crippen LogP contribution in [0.1, 0.15) is 39.1 Å². The predicted octanol–water partition coefficient (Wildman–Crippen LogP) is 2.97. The number of aliphatic hydroxyl groups excluding tert-OH is 2. The molecule has 32 heavy (non-hydrogen) atoms. The third-order valence-electron chi connectivity index (χ3n) is 5.58. The molecule has 164 valence electrons. The number of nitrogens with zero attached hydrogens (tertiary/aromatic N) is 1. The lowest BCUT2D eigenvalue weighted by Crippen LogP contribution is -2.36. The van der Waals surface area contributed by atoms with Gasteiger partial charge in [-0.2, -0.15) is 4.39 Å². The molecule has 3 N–H and O–H groups in total. The van der Waals surface area contributed by atoms with E-state index in [2.05, 4.69) is 10.3 Å². The molecule has 0 radical (unpaired) electrons. The number of aliphatic hydroxyl groups is 2. The highest BCUT2D eigenvalue weighted by molar-refractivity contribution is 5.79. The number of carbonyl (C=O) groups is 2. The average molecular weight is 436 g/mol. The summed E-state index contributed by atoms with van der Waals surface area (Å²) < 4.78 is 19.0. The van der Waals surface area contributed by atoms with Gasteiger partial charge in [0.15, 0.2) is 6.29 Å². The van der Waals surface area contributed by atoms with Crippen molar-refractivity contribution in [2.24, 2.45) is 0 Å². The summed E-state index contributed by atoms with van der Waals surface area (Å²) in [7, 11) is 0. The summed E-state index contributed by atoms with van der Waals surface area (Å²) in [6.07, 6.45) is -2.56. The minimum absolute atomic E-state index is 0.101. The van der Waals surface area contributed by atoms with Crippen molar-refractivity contribution in [2.75, 3.05) is 13.2 Å². The summed E-state index contributed by atoms with van der Waals surface area (Å²) in [6, 6.07) is 17.1. The number of rotatable bonds is 7. The summed E-state index contributed by atoms with van der Waals surface area (Å²) in [5.74, 6) is -1.16. The first-order chi connectivity index (χ1) is 15.5. The number of hydrogen-bond donors (Lipinski definition) is 3. The van der Waals surface area contributed by atoms with Crippen LogP contribution in [0.25, 0.3) is 11.1 Å². The number of pyridine rings is 1. The van der Waals surface area contributed by atoms with E-state index in [1.165, 1.54) is 6.07 Å². The molecule has 1 aliphatic carbocycles. The van der Waals surface area contributed by atoms with Gasteiger partial charge in [-0.05, 0) is 33.9 Å². The highest BCUT2D eigenvalue weighted by atomic mass is 19.1. The Morgan fingerprint density at radius 3 is 2.34 bits per heavy atom. The molecule has 0 fully saturated rings. The predicted molar refractivity (Wildman–Crippen MR) is 114 cm³/mol. The zero-order valence-electron chi connectivity index (χ0n) is 16.9. The Hall–Kier alpha value is -3.62. The Labute approximate surface area is 183 Å². The van der Waals surface area contributed by atoms with E-state index in [-0.39, 0.29) is 30.9 Å². The maximum atomic E-state index is 13.6. The van der Waals surface area contributed by atoms with Crippen LogP contribution >= 0.6 is 0 Å². The number of alkyl carbamates (subject to hydrolysis) is 1. The fourth-order valence-electron chi connectivity index (χ4n) is 3.99. The summed E-state index contributed by atoms with van der Waals surface area (Å²) in [5, 5.41) is 22.8. The average Bonchev–Trinajstić information content (AvgIpc) is 3.14. The molecule has 0 spiro atoms. The lowest BCUT2D eigenvalue weighted by Gasteiger charge is -2.20. The van der Waals surface area contributed by atoms with Gasteiger partial charge in [0.25, 0.3) is 0 Å². The van der Waals surface area contributed by atoms with Crippen LogP contribution in [0.2, 0.25) is 0 Å². The maximum absolute atomic E-state index is 13.6. The standard InChI is InChI=1S/C24H21FN2O5/c25-23-19(12-28)18(9-10-26-23)22(30)21(29)11-27-24(31)32-13-20-16-7-3-1-5-14(16)15-6-2-4-8-17(15)20/h1-10,12,20-22,29-30H,11,13H2,(H,27,31). The molecule has 3 aromatic rings. The molecule has 0 bridgehead atoms. The number of hydrogen-bond acceptors (Lipinski definition) is 6. The molecule has 0 aliphatic heterocycles. The van der Waals surface area contributed by atoms with Gasteiger partial charge in [-0.1, -0.05) is 48.5 Å². The minimum Gasteiger partial charge on any atom is -0.449 e. The summed E-state index contributed by atoms with van der Waals surface area (Å²) in [5.41, 5.74) is 3.78. The van der Waals surface area contributed by atoms with E-state index >= 15 is 0 Å². The number of nitrogens with one attached hydrogen (secondary N) is 1. The molecular weight excluding hydrogens is 415 g/mol. The number of aromatic nitrogens is 1. The molecule has 2 atom stereocenters. The van der Waals surface area contributed by atoms with Crippen molar-refractivity contribution in [2.45, 2.75) is 18.1 Å². The molecule has 0 saturated carbocycles. The number of carbonyl (C=O) groups excluding carboxylic acids is 2. The van der Waals surface area contributed by atoms with Crippen molar-refractivity contribution < 1.29 is 28.9 Å². The SMILES string of the molecule is O=Cc1c(C(O)C(O)CNC(=O)OCC2c3ccccc3-c3ccccc32)ccnc1F. The maximum Gasteiger partial charge on any atom is 0.407 e. The number of ether oxygens (including phenoxy) is 1. The smallest absolute Gasteiger partial charge is 0.407 e. The lowest BCUT2D eigenvalue weighted by molar-refractivity contribution is 0.0179. The van der Waals surface area contributed by atoms with Crippen molar-refractivity contribution >= 4 is 12.4 Å². The normalized spacial score (nSPS) is 14.2. The van der Waals surface area contributed by atoms with E-state index in [0.717, 1.165) is 28.5 Å². The number of amides is 1. The quantitative estimate of drug-likeness (QED) is 0.388. The molecule has 1 aromatic heterocycles. The molecule has 2 aromatic carbocycles. The van der Waals surface area contributed by atoms with Crippen LogP contribution in [0.5, 0.6) is 0 Å². The van der Waals surface area contributed by atoms with Crippen LogP contribution in [-0.2, 0) is 4.74 Å². The minimum atomic E-state index is -1.60. The van der Waals surface area contributed by atoms with Crippen molar-refractivity contribution in [3.8, 4) is 11.1 Å². The van der Waals surface area contributed by atoms with E-state index in [0.29, 0.717) is 0 Å². The summed E-state index contributed by atoms with van der Waals surface area (Å²) in [4.78, 5) is 26.6. The van der Waals surface area contributed by atoms with E-state index in [1.807, 2.05) is 48.5 Å². The topological polar surface area (TPSA) is 109 Å². The Morgan fingerprint density at radius 1 is 1.09 bits per heavy atom. The van der Waals surface area contributed by atoms with Crippen LogP contribution in [0.3, 0.4) is 0 Å². The van der Waals surface area contributed by atoms with Crippen LogP contribution in [0.15, 0.2) is 60.8 Å². The highest BCUT2D eigenvalue weighted by Gasteiger charge is 2.29. The van der Waals surface area contributed by atoms with Crippen LogP contribution < -0.4 is 5.32 Å². The first-order valence-electron chi connectivity index (χ1n) is 10.1. The van der Waals surface area contributed by atoms with Gasteiger partial charge in [0.1, 0.15) is 18.8 Å². The molecule has 1 amide bonds. The van der Waals surface area contributed by atoms with Gasteiger partial charge >= 0.3 is 6.09 Å². The van der Waals surface area contributed by atoms with E-state index in [4.69, 9.17) is 4.74 Å². The first-order valence-corrected chi connectivity index (χ1v) is 10.1. The molecular formula is C24H21FN2O5. The Morgan fingerprint density at radius 2 is 1.72 bits per heavy atom. The van der Waals surface area contributed by atoms with Gasteiger partial charge in [-0.15, -0.1) is 0 Å². The fraction of sp³-hybridized carbons (Fsp3) is 0.208. The van der Waals surface area contributed by atoms with E-state index in [1.54, 1.807) is 0 Å². The molecule has 7 nitrogen and oxygen atoms in total. The second kappa shape index (κ2) is 9.25. The molecule has 1 heterocycles. The van der Waals surface area contributed by atoms with Crippen molar-refractivity contribution in [3.05, 3.63) is 89.0 Å². The van der Waals surface area contributed by atoms with E-state index in [9.17, 15) is 24.2 Å². The zero-order valence-corrected chi connectivity index (χ0v) is 16.9. The second-order valence-electron chi connectivity index (χ2n) is 7.44. The third-order valence-corrected chi connectivity index (χ3v) is 5.58. The molecule has 1 aliphatic rings. The monoisotopic (exact) mass is 436 g/mol. The number of fused-ring (bicyclic) bond motifs is 3. The number of halogens is 1. The van der Waals surface area contributed by atoms with Gasteiger partial charge in [-0.25, -0.2) is 9.78 Å². The number of benzene rings is 2. The highest BCUT2D eigenvalue weighted by Crippen LogP contribution is 2.44. The van der Waals surface area contributed by atoms with Gasteiger partial charge in [0.2, 0.25) is 5.95 Å². The van der Waals surface area contributed by atoms with Gasteiger partial charge < -0.3 is 20.3 Å². The van der Waals surface area contributed by atoms with Crippen molar-refractivity contribution in [1.82, 2.24) is 10.3 Å². The second-order valence-corrected chi connectivity index (χ2v) is 7.44. The largest absolute Gasteiger partial charge is 0.449 e. The summed E-state index contributed by atoms with van der Waals surface area (Å²) in [6.45, 7) is -0.260. The van der Waals surface area contributed by atoms with Crippen molar-refractivity contribution in [1.29, 1.82) is 0 Å². The molecule has 0 saturated heterocycles.